The third kappa shape index (κ3) is 10.8. The molecule has 2 aliphatic rings. The lowest BCUT2D eigenvalue weighted by Gasteiger charge is -2.12. The highest BCUT2D eigenvalue weighted by Crippen LogP contribution is 2.44. The van der Waals surface area contributed by atoms with Gasteiger partial charge in [-0.05, 0) is 63.0 Å². The van der Waals surface area contributed by atoms with Gasteiger partial charge in [0.25, 0.3) is 0 Å². The predicted molar refractivity (Wildman–Crippen MR) is 144 cm³/mol. The van der Waals surface area contributed by atoms with Crippen molar-refractivity contribution in [1.82, 2.24) is 20.4 Å². The Hall–Kier alpha value is -2.48. The smallest absolute Gasteiger partial charge is 0.354 e. The minimum atomic E-state index is -0.997. The number of nitrogens with one attached hydrogen (secondary N) is 1. The number of nitrogens with zero attached hydrogens (tertiary/aromatic N) is 3. The minimum Gasteiger partial charge on any atom is -0.477 e. The lowest BCUT2D eigenvalue weighted by atomic mass is 10.1. The highest BCUT2D eigenvalue weighted by molar-refractivity contribution is 5.85. The Balaban J connectivity index is 0.000000207. The second-order valence-corrected chi connectivity index (χ2v) is 10.5. The van der Waals surface area contributed by atoms with Crippen LogP contribution in [0.2, 0.25) is 0 Å². The van der Waals surface area contributed by atoms with Crippen LogP contribution in [0.25, 0.3) is 0 Å². The first-order chi connectivity index (χ1) is 18.0. The summed E-state index contributed by atoms with van der Waals surface area (Å²) in [7, 11) is 0. The van der Waals surface area contributed by atoms with E-state index in [1.54, 1.807) is 6.07 Å². The van der Waals surface area contributed by atoms with E-state index in [4.69, 9.17) is 14.4 Å². The summed E-state index contributed by atoms with van der Waals surface area (Å²) in [5, 5.41) is 16.4. The van der Waals surface area contributed by atoms with Crippen LogP contribution in [-0.4, -0.2) is 39.4 Å². The Morgan fingerprint density at radius 1 is 1.05 bits per heavy atom. The first-order valence-corrected chi connectivity index (χ1v) is 14.4. The lowest BCUT2D eigenvalue weighted by molar-refractivity contribution is 0.0689. The first kappa shape index (κ1) is 29.1. The van der Waals surface area contributed by atoms with Gasteiger partial charge < -0.3 is 19.7 Å². The molecule has 4 rings (SSSR count). The number of carboxylic acid groups (broad SMARTS) is 1. The number of carbonyl (C=O) groups is 1. The summed E-state index contributed by atoms with van der Waals surface area (Å²) in [6.07, 6.45) is 16.6. The van der Waals surface area contributed by atoms with Crippen molar-refractivity contribution in [3.8, 4) is 5.88 Å². The molecule has 2 aromatic heterocycles. The normalized spacial score (nSPS) is 15.6. The molecule has 0 spiro atoms. The van der Waals surface area contributed by atoms with Crippen molar-refractivity contribution in [2.24, 2.45) is 5.92 Å². The summed E-state index contributed by atoms with van der Waals surface area (Å²) >= 11 is 0. The van der Waals surface area contributed by atoms with Crippen LogP contribution >= 0.6 is 0 Å². The van der Waals surface area contributed by atoms with Crippen molar-refractivity contribution in [3.63, 3.8) is 0 Å². The Morgan fingerprint density at radius 2 is 1.76 bits per heavy atom. The molecule has 1 unspecified atom stereocenters. The monoisotopic (exact) mass is 514 g/mol. The Kier molecular flexibility index (Phi) is 12.3. The van der Waals surface area contributed by atoms with Crippen LogP contribution < -0.4 is 10.1 Å². The van der Waals surface area contributed by atoms with Gasteiger partial charge in [-0.3, -0.25) is 0 Å². The summed E-state index contributed by atoms with van der Waals surface area (Å²) in [5.74, 6) is 2.16. The summed E-state index contributed by atoms with van der Waals surface area (Å²) < 4.78 is 10.7. The number of pyridine rings is 1. The van der Waals surface area contributed by atoms with E-state index < -0.39 is 5.97 Å². The molecule has 2 aromatic rings. The number of rotatable bonds is 17. The summed E-state index contributed by atoms with van der Waals surface area (Å²) in [6, 6.07) is 3.66. The van der Waals surface area contributed by atoms with Gasteiger partial charge in [-0.1, -0.05) is 70.0 Å². The molecule has 0 amide bonds. The summed E-state index contributed by atoms with van der Waals surface area (Å²) in [4.78, 5) is 19.3. The van der Waals surface area contributed by atoms with Gasteiger partial charge >= 0.3 is 5.97 Å². The third-order valence-electron chi connectivity index (χ3n) is 6.96. The Labute approximate surface area is 222 Å². The number of carboxylic acids is 1. The van der Waals surface area contributed by atoms with Crippen LogP contribution in [0.1, 0.15) is 137 Å². The van der Waals surface area contributed by atoms with E-state index in [1.807, 2.05) is 13.0 Å². The van der Waals surface area contributed by atoms with Gasteiger partial charge in [0.1, 0.15) is 0 Å². The third-order valence-corrected chi connectivity index (χ3v) is 6.96. The largest absolute Gasteiger partial charge is 0.477 e. The molecular weight excluding hydrogens is 468 g/mol. The van der Waals surface area contributed by atoms with E-state index in [1.165, 1.54) is 64.2 Å². The van der Waals surface area contributed by atoms with Crippen molar-refractivity contribution >= 4 is 5.97 Å². The van der Waals surface area contributed by atoms with Gasteiger partial charge in [0.05, 0.1) is 12.6 Å². The number of hydrogen-bond donors (Lipinski definition) is 2. The zero-order chi connectivity index (χ0) is 26.5. The van der Waals surface area contributed by atoms with E-state index in [2.05, 4.69) is 34.3 Å². The molecule has 1 atom stereocenters. The fourth-order valence-electron chi connectivity index (χ4n) is 4.28. The molecule has 206 valence electrons. The molecule has 2 N–H and O–H groups in total. The van der Waals surface area contributed by atoms with Crippen molar-refractivity contribution in [2.75, 3.05) is 13.2 Å². The van der Waals surface area contributed by atoms with Crippen LogP contribution in [0.15, 0.2) is 16.7 Å². The molecule has 37 heavy (non-hydrogen) atoms. The van der Waals surface area contributed by atoms with Gasteiger partial charge in [-0.2, -0.15) is 4.98 Å². The van der Waals surface area contributed by atoms with Crippen LogP contribution in [0.5, 0.6) is 5.88 Å². The average molecular weight is 515 g/mol. The highest BCUT2D eigenvalue weighted by atomic mass is 16.5. The standard InChI is InChI=1S/C16H31N3O.C13H15NO3/c1-4-6-7-8-9-10-11-12-13-17-15(5-2)16-18-14(3)20-19-16;15-13(16)11-6-5-10(9-3-4-9)12(14-11)17-7-8-1-2-8/h15,17H,4-13H2,1-3H3;5-6,8-9H,1-4,7H2,(H,15,16). The van der Waals surface area contributed by atoms with Gasteiger partial charge in [0.2, 0.25) is 11.8 Å². The molecule has 0 bridgehead atoms. The van der Waals surface area contributed by atoms with E-state index in [0.717, 1.165) is 37.2 Å². The second kappa shape index (κ2) is 15.7. The van der Waals surface area contributed by atoms with E-state index in [-0.39, 0.29) is 11.7 Å². The number of aromatic carboxylic acids is 1. The molecule has 2 saturated carbocycles. The average Bonchev–Trinajstić information content (AvgIpc) is 3.83. The maximum Gasteiger partial charge on any atom is 0.354 e. The van der Waals surface area contributed by atoms with Crippen molar-refractivity contribution in [3.05, 3.63) is 35.1 Å². The first-order valence-electron chi connectivity index (χ1n) is 14.4. The molecule has 2 fully saturated rings. The predicted octanol–water partition coefficient (Wildman–Crippen LogP) is 7.01. The van der Waals surface area contributed by atoms with E-state index in [9.17, 15) is 4.79 Å². The molecule has 0 saturated heterocycles. The maximum absolute atomic E-state index is 10.9. The molecule has 8 nitrogen and oxygen atoms in total. The molecule has 0 aliphatic heterocycles. The quantitative estimate of drug-likeness (QED) is 0.217. The molecule has 2 heterocycles. The SMILES string of the molecule is CCCCCCCCCCNC(CC)c1noc(C)n1.O=C(O)c1ccc(C2CC2)c(OCC2CC2)n1. The fraction of sp³-hybridized carbons (Fsp3) is 0.724. The van der Waals surface area contributed by atoms with Gasteiger partial charge in [-0.25, -0.2) is 9.78 Å². The minimum absolute atomic E-state index is 0.0696. The van der Waals surface area contributed by atoms with Crippen LogP contribution in [0.3, 0.4) is 0 Å². The summed E-state index contributed by atoms with van der Waals surface area (Å²) in [5.41, 5.74) is 1.15. The lowest BCUT2D eigenvalue weighted by Crippen LogP contribution is -2.23. The van der Waals surface area contributed by atoms with Gasteiger partial charge in [-0.15, -0.1) is 0 Å². The second-order valence-electron chi connectivity index (χ2n) is 10.5. The van der Waals surface area contributed by atoms with Crippen LogP contribution in [0, 0.1) is 12.8 Å². The zero-order valence-corrected chi connectivity index (χ0v) is 23.0. The van der Waals surface area contributed by atoms with Gasteiger partial charge in [0.15, 0.2) is 11.5 Å². The van der Waals surface area contributed by atoms with E-state index in [0.29, 0.717) is 30.2 Å². The molecule has 0 aromatic carbocycles. The number of aromatic nitrogens is 3. The number of unbranched alkanes of at least 4 members (excludes halogenated alkanes) is 7. The van der Waals surface area contributed by atoms with Crippen molar-refractivity contribution < 1.29 is 19.2 Å². The Morgan fingerprint density at radius 3 is 2.32 bits per heavy atom. The number of aryl methyl sites for hydroxylation is 1. The van der Waals surface area contributed by atoms with Crippen LogP contribution in [-0.2, 0) is 0 Å². The van der Waals surface area contributed by atoms with Crippen molar-refractivity contribution in [2.45, 2.75) is 116 Å². The zero-order valence-electron chi connectivity index (χ0n) is 23.0. The summed E-state index contributed by atoms with van der Waals surface area (Å²) in [6.45, 7) is 7.97. The van der Waals surface area contributed by atoms with Gasteiger partial charge in [0, 0.05) is 12.5 Å². The number of ether oxygens (including phenoxy) is 1. The van der Waals surface area contributed by atoms with Crippen molar-refractivity contribution in [1.29, 1.82) is 0 Å². The fourth-order valence-corrected chi connectivity index (χ4v) is 4.28. The van der Waals surface area contributed by atoms with Crippen LogP contribution in [0.4, 0.5) is 0 Å². The molecular formula is C29H46N4O4. The topological polar surface area (TPSA) is 110 Å². The Bertz CT molecular complexity index is 940. The molecule has 0 radical (unpaired) electrons. The van der Waals surface area contributed by atoms with E-state index >= 15 is 0 Å². The molecule has 2 aliphatic carbocycles. The molecule has 8 heteroatoms. The highest BCUT2D eigenvalue weighted by Gasteiger charge is 2.29. The maximum atomic E-state index is 10.9. The number of hydrogen-bond acceptors (Lipinski definition) is 7.